The van der Waals surface area contributed by atoms with Gasteiger partial charge in [0, 0.05) is 26.2 Å². The molecule has 0 bridgehead atoms. The number of thiazole rings is 1. The van der Waals surface area contributed by atoms with Crippen LogP contribution in [0.5, 0.6) is 0 Å². The molecule has 1 fully saturated rings. The van der Waals surface area contributed by atoms with E-state index in [1.165, 1.54) is 0 Å². The number of fused-ring (bicyclic) bond motifs is 1. The van der Waals surface area contributed by atoms with Gasteiger partial charge in [-0.2, -0.15) is 4.98 Å². The van der Waals surface area contributed by atoms with Crippen LogP contribution in [0, 0.1) is 12.8 Å². The Morgan fingerprint density at radius 3 is 2.66 bits per heavy atom. The van der Waals surface area contributed by atoms with Crippen LogP contribution in [0.25, 0.3) is 20.8 Å². The standard InChI is InChI=1S/C22H29N5O4S/c1-11(31-3)9-23-22-24-12(2)17(21-26-14-6-4-5-7-16(14)32-21)20(27-22)25-15-8-13(10-28)18(29)19(15)30/h4-7,11,13,15,18-19,28-30H,8-10H2,1-3H3,(H2,23,24,25,27)/t11-,13+,15+,18+,19-/m0/s1. The van der Waals surface area contributed by atoms with Crippen LogP contribution in [0.3, 0.4) is 0 Å². The van der Waals surface area contributed by atoms with Crippen molar-refractivity contribution in [2.24, 2.45) is 5.92 Å². The highest BCUT2D eigenvalue weighted by Crippen LogP contribution is 2.38. The van der Waals surface area contributed by atoms with Crippen molar-refractivity contribution in [2.45, 2.75) is 44.6 Å². The molecule has 172 valence electrons. The van der Waals surface area contributed by atoms with Crippen molar-refractivity contribution in [1.29, 1.82) is 0 Å². The van der Waals surface area contributed by atoms with E-state index in [1.807, 2.05) is 38.1 Å². The summed E-state index contributed by atoms with van der Waals surface area (Å²) in [5, 5.41) is 37.6. The van der Waals surface area contributed by atoms with Gasteiger partial charge in [0.25, 0.3) is 0 Å². The quantitative estimate of drug-likeness (QED) is 0.343. The molecule has 3 aromatic rings. The molecule has 10 heteroatoms. The summed E-state index contributed by atoms with van der Waals surface area (Å²) in [5.41, 5.74) is 2.39. The molecule has 1 aliphatic rings. The van der Waals surface area contributed by atoms with Crippen LogP contribution in [-0.4, -0.2) is 74.9 Å². The van der Waals surface area contributed by atoms with Gasteiger partial charge in [-0.15, -0.1) is 11.3 Å². The molecule has 1 aromatic carbocycles. The number of aliphatic hydroxyl groups excluding tert-OH is 3. The summed E-state index contributed by atoms with van der Waals surface area (Å²) in [7, 11) is 1.64. The van der Waals surface area contributed by atoms with Crippen molar-refractivity contribution in [3.05, 3.63) is 30.0 Å². The molecule has 0 amide bonds. The molecule has 5 atom stereocenters. The number of aliphatic hydroxyl groups is 3. The van der Waals surface area contributed by atoms with Crippen molar-refractivity contribution in [1.82, 2.24) is 15.0 Å². The molecule has 0 radical (unpaired) electrons. The van der Waals surface area contributed by atoms with Gasteiger partial charge in [-0.3, -0.25) is 0 Å². The van der Waals surface area contributed by atoms with Gasteiger partial charge in [-0.05, 0) is 32.4 Å². The minimum atomic E-state index is -1.02. The number of aryl methyl sites for hydroxylation is 1. The molecular weight excluding hydrogens is 430 g/mol. The minimum absolute atomic E-state index is 0.0173. The molecule has 32 heavy (non-hydrogen) atoms. The molecule has 5 N–H and O–H groups in total. The summed E-state index contributed by atoms with van der Waals surface area (Å²) in [6.45, 7) is 4.19. The van der Waals surface area contributed by atoms with Crippen molar-refractivity contribution in [3.63, 3.8) is 0 Å². The number of rotatable bonds is 8. The highest BCUT2D eigenvalue weighted by Gasteiger charge is 2.41. The Balaban J connectivity index is 1.72. The first-order valence-electron chi connectivity index (χ1n) is 10.7. The predicted molar refractivity (Wildman–Crippen MR) is 125 cm³/mol. The van der Waals surface area contributed by atoms with E-state index in [2.05, 4.69) is 20.6 Å². The fourth-order valence-electron chi connectivity index (χ4n) is 3.93. The Bertz CT molecular complexity index is 1040. The van der Waals surface area contributed by atoms with Crippen molar-refractivity contribution < 1.29 is 20.1 Å². The second kappa shape index (κ2) is 9.63. The van der Waals surface area contributed by atoms with E-state index in [4.69, 9.17) is 9.72 Å². The SMILES string of the molecule is CO[C@@H](C)CNc1nc(C)c(-c2nc3ccccc3s2)c(N[C@@H]2C[C@H](CO)[C@@H](O)[C@H]2O)n1. The lowest BCUT2D eigenvalue weighted by molar-refractivity contribution is 0.00446. The van der Waals surface area contributed by atoms with E-state index in [-0.39, 0.29) is 12.7 Å². The molecule has 1 aliphatic carbocycles. The smallest absolute Gasteiger partial charge is 0.224 e. The number of ether oxygens (including phenoxy) is 1. The van der Waals surface area contributed by atoms with Crippen molar-refractivity contribution >= 4 is 33.3 Å². The van der Waals surface area contributed by atoms with Crippen molar-refractivity contribution in [3.8, 4) is 10.6 Å². The molecule has 1 saturated carbocycles. The molecular formula is C22H29N5O4S. The predicted octanol–water partition coefficient (Wildman–Crippen LogP) is 2.02. The van der Waals surface area contributed by atoms with Gasteiger partial charge in [-0.25, -0.2) is 9.97 Å². The molecule has 0 spiro atoms. The zero-order valence-corrected chi connectivity index (χ0v) is 19.1. The Labute approximate surface area is 190 Å². The van der Waals surface area contributed by atoms with E-state index in [9.17, 15) is 15.3 Å². The maximum absolute atomic E-state index is 10.5. The average Bonchev–Trinajstić information content (AvgIpc) is 3.33. The number of hydrogen-bond acceptors (Lipinski definition) is 10. The number of para-hydroxylation sites is 1. The highest BCUT2D eigenvalue weighted by atomic mass is 32.1. The maximum Gasteiger partial charge on any atom is 0.224 e. The Kier molecular flexibility index (Phi) is 6.87. The summed E-state index contributed by atoms with van der Waals surface area (Å²) in [6, 6.07) is 7.44. The second-order valence-electron chi connectivity index (χ2n) is 8.18. The maximum atomic E-state index is 10.5. The lowest BCUT2D eigenvalue weighted by atomic mass is 10.1. The number of benzene rings is 1. The number of aromatic nitrogens is 3. The molecule has 2 aromatic heterocycles. The summed E-state index contributed by atoms with van der Waals surface area (Å²) >= 11 is 1.55. The van der Waals surface area contributed by atoms with Crippen LogP contribution >= 0.6 is 11.3 Å². The summed E-state index contributed by atoms with van der Waals surface area (Å²) in [6.07, 6.45) is -1.61. The molecule has 4 rings (SSSR count). The molecule has 0 saturated heterocycles. The van der Waals surface area contributed by atoms with Gasteiger partial charge >= 0.3 is 0 Å². The van der Waals surface area contributed by atoms with E-state index in [1.54, 1.807) is 18.4 Å². The third-order valence-corrected chi connectivity index (χ3v) is 6.96. The topological polar surface area (TPSA) is 133 Å². The first-order valence-corrected chi connectivity index (χ1v) is 11.5. The number of nitrogens with zero attached hydrogens (tertiary/aromatic N) is 3. The Morgan fingerprint density at radius 2 is 1.97 bits per heavy atom. The van der Waals surface area contributed by atoms with Gasteiger partial charge < -0.3 is 30.7 Å². The van der Waals surface area contributed by atoms with E-state index in [0.29, 0.717) is 24.7 Å². The second-order valence-corrected chi connectivity index (χ2v) is 9.21. The lowest BCUT2D eigenvalue weighted by Crippen LogP contribution is -2.35. The van der Waals surface area contributed by atoms with Gasteiger partial charge in [0.2, 0.25) is 5.95 Å². The fourth-order valence-corrected chi connectivity index (χ4v) is 5.00. The zero-order valence-electron chi connectivity index (χ0n) is 18.3. The van der Waals surface area contributed by atoms with Crippen LogP contribution in [0.1, 0.15) is 19.0 Å². The summed E-state index contributed by atoms with van der Waals surface area (Å²) in [5.74, 6) is 0.570. The molecule has 0 aliphatic heterocycles. The third kappa shape index (κ3) is 4.55. The average molecular weight is 460 g/mol. The minimum Gasteiger partial charge on any atom is -0.396 e. The normalized spacial score (nSPS) is 24.1. The summed E-state index contributed by atoms with van der Waals surface area (Å²) in [4.78, 5) is 14.1. The number of methoxy groups -OCH3 is 1. The molecule has 9 nitrogen and oxygen atoms in total. The van der Waals surface area contributed by atoms with Crippen LogP contribution in [0.2, 0.25) is 0 Å². The van der Waals surface area contributed by atoms with Gasteiger partial charge in [0.05, 0.1) is 39.7 Å². The highest BCUT2D eigenvalue weighted by molar-refractivity contribution is 7.21. The van der Waals surface area contributed by atoms with Crippen LogP contribution < -0.4 is 10.6 Å². The van der Waals surface area contributed by atoms with Crippen LogP contribution in [0.15, 0.2) is 24.3 Å². The molecule has 0 unspecified atom stereocenters. The largest absolute Gasteiger partial charge is 0.396 e. The lowest BCUT2D eigenvalue weighted by Gasteiger charge is -2.21. The number of nitrogens with one attached hydrogen (secondary N) is 2. The Hall–Kier alpha value is -2.37. The number of hydrogen-bond donors (Lipinski definition) is 5. The van der Waals surface area contributed by atoms with Gasteiger partial charge in [-0.1, -0.05) is 12.1 Å². The zero-order chi connectivity index (χ0) is 22.8. The first-order chi connectivity index (χ1) is 15.4. The fraction of sp³-hybridized carbons (Fsp3) is 0.500. The third-order valence-electron chi connectivity index (χ3n) is 5.91. The molecule has 2 heterocycles. The summed E-state index contributed by atoms with van der Waals surface area (Å²) < 4.78 is 6.35. The number of anilines is 2. The van der Waals surface area contributed by atoms with E-state index in [0.717, 1.165) is 26.5 Å². The van der Waals surface area contributed by atoms with Crippen molar-refractivity contribution in [2.75, 3.05) is 30.9 Å². The first kappa shape index (κ1) is 22.8. The van der Waals surface area contributed by atoms with E-state index < -0.39 is 24.2 Å². The van der Waals surface area contributed by atoms with Crippen LogP contribution in [-0.2, 0) is 4.74 Å². The van der Waals surface area contributed by atoms with Gasteiger partial charge in [0.15, 0.2) is 0 Å². The monoisotopic (exact) mass is 459 g/mol. The van der Waals surface area contributed by atoms with Crippen LogP contribution in [0.4, 0.5) is 11.8 Å². The Morgan fingerprint density at radius 1 is 1.19 bits per heavy atom. The van der Waals surface area contributed by atoms with E-state index >= 15 is 0 Å². The van der Waals surface area contributed by atoms with Gasteiger partial charge in [0.1, 0.15) is 16.9 Å².